The SMILES string of the molecule is Cc1cc(Oc2ccccc2N)ncc1Br. The van der Waals surface area contributed by atoms with E-state index < -0.39 is 0 Å². The number of para-hydroxylation sites is 2. The Morgan fingerprint density at radius 2 is 2.06 bits per heavy atom. The largest absolute Gasteiger partial charge is 0.437 e. The number of anilines is 1. The lowest BCUT2D eigenvalue weighted by Crippen LogP contribution is -1.93. The lowest BCUT2D eigenvalue weighted by atomic mass is 10.3. The molecule has 0 fully saturated rings. The predicted molar refractivity (Wildman–Crippen MR) is 67.6 cm³/mol. The first-order valence-electron chi connectivity index (χ1n) is 4.81. The highest BCUT2D eigenvalue weighted by Crippen LogP contribution is 2.27. The third kappa shape index (κ3) is 2.33. The molecule has 0 saturated heterocycles. The minimum Gasteiger partial charge on any atom is -0.437 e. The fraction of sp³-hybridized carbons (Fsp3) is 0.0833. The van der Waals surface area contributed by atoms with Crippen molar-refractivity contribution in [1.82, 2.24) is 4.98 Å². The van der Waals surface area contributed by atoms with Gasteiger partial charge in [0.1, 0.15) is 0 Å². The molecule has 4 heteroatoms. The number of hydrogen-bond acceptors (Lipinski definition) is 3. The van der Waals surface area contributed by atoms with E-state index in [4.69, 9.17) is 10.5 Å². The van der Waals surface area contributed by atoms with Gasteiger partial charge in [0.2, 0.25) is 5.88 Å². The predicted octanol–water partition coefficient (Wildman–Crippen LogP) is 3.53. The number of benzene rings is 1. The molecular formula is C12H11BrN2O. The van der Waals surface area contributed by atoms with Gasteiger partial charge in [-0.1, -0.05) is 12.1 Å². The van der Waals surface area contributed by atoms with E-state index in [2.05, 4.69) is 20.9 Å². The Bertz CT molecular complexity index is 514. The Morgan fingerprint density at radius 3 is 2.75 bits per heavy atom. The molecule has 1 heterocycles. The van der Waals surface area contributed by atoms with Gasteiger partial charge in [-0.25, -0.2) is 4.98 Å². The Kier molecular flexibility index (Phi) is 3.10. The monoisotopic (exact) mass is 278 g/mol. The summed E-state index contributed by atoms with van der Waals surface area (Å²) in [6.07, 6.45) is 1.71. The number of nitrogens with two attached hydrogens (primary N) is 1. The lowest BCUT2D eigenvalue weighted by Gasteiger charge is -2.08. The normalized spacial score (nSPS) is 10.1. The van der Waals surface area contributed by atoms with Crippen molar-refractivity contribution in [2.75, 3.05) is 5.73 Å². The zero-order valence-corrected chi connectivity index (χ0v) is 10.4. The van der Waals surface area contributed by atoms with Crippen LogP contribution in [0.2, 0.25) is 0 Å². The first-order chi connectivity index (χ1) is 7.66. The molecule has 2 N–H and O–H groups in total. The number of aromatic nitrogens is 1. The van der Waals surface area contributed by atoms with Gasteiger partial charge < -0.3 is 10.5 Å². The van der Waals surface area contributed by atoms with Crippen LogP contribution in [0, 0.1) is 6.92 Å². The van der Waals surface area contributed by atoms with Gasteiger partial charge in [0.25, 0.3) is 0 Å². The molecule has 82 valence electrons. The fourth-order valence-electron chi connectivity index (χ4n) is 1.26. The van der Waals surface area contributed by atoms with Crippen LogP contribution in [0.25, 0.3) is 0 Å². The van der Waals surface area contributed by atoms with Gasteiger partial charge in [-0.2, -0.15) is 0 Å². The van der Waals surface area contributed by atoms with E-state index in [0.717, 1.165) is 10.0 Å². The van der Waals surface area contributed by atoms with Gasteiger partial charge in [-0.15, -0.1) is 0 Å². The second-order valence-corrected chi connectivity index (χ2v) is 4.27. The Hall–Kier alpha value is -1.55. The average Bonchev–Trinajstić information content (AvgIpc) is 2.27. The van der Waals surface area contributed by atoms with E-state index in [1.807, 2.05) is 31.2 Å². The van der Waals surface area contributed by atoms with E-state index in [1.165, 1.54) is 0 Å². The number of rotatable bonds is 2. The topological polar surface area (TPSA) is 48.1 Å². The summed E-state index contributed by atoms with van der Waals surface area (Å²) in [5, 5.41) is 0. The molecule has 0 aliphatic heterocycles. The highest BCUT2D eigenvalue weighted by atomic mass is 79.9. The van der Waals surface area contributed by atoms with E-state index in [1.54, 1.807) is 12.3 Å². The summed E-state index contributed by atoms with van der Waals surface area (Å²) < 4.78 is 6.55. The number of pyridine rings is 1. The van der Waals surface area contributed by atoms with Crippen molar-refractivity contribution in [2.24, 2.45) is 0 Å². The van der Waals surface area contributed by atoms with Crippen molar-refractivity contribution < 1.29 is 4.74 Å². The van der Waals surface area contributed by atoms with Gasteiger partial charge in [-0.3, -0.25) is 0 Å². The maximum absolute atomic E-state index is 5.77. The summed E-state index contributed by atoms with van der Waals surface area (Å²) >= 11 is 3.39. The molecule has 0 atom stereocenters. The molecule has 0 saturated carbocycles. The molecule has 1 aromatic carbocycles. The number of hydrogen-bond donors (Lipinski definition) is 1. The molecule has 3 nitrogen and oxygen atoms in total. The molecule has 0 unspecified atom stereocenters. The first kappa shape index (κ1) is 11.0. The second kappa shape index (κ2) is 4.53. The van der Waals surface area contributed by atoms with Crippen molar-refractivity contribution in [3.05, 3.63) is 46.6 Å². The molecule has 0 bridgehead atoms. The first-order valence-corrected chi connectivity index (χ1v) is 5.60. The van der Waals surface area contributed by atoms with Crippen molar-refractivity contribution in [3.63, 3.8) is 0 Å². The Morgan fingerprint density at radius 1 is 1.31 bits per heavy atom. The Balaban J connectivity index is 2.28. The van der Waals surface area contributed by atoms with Gasteiger partial charge in [0.05, 0.1) is 5.69 Å². The fourth-order valence-corrected chi connectivity index (χ4v) is 1.47. The summed E-state index contributed by atoms with van der Waals surface area (Å²) in [7, 11) is 0. The smallest absolute Gasteiger partial charge is 0.219 e. The van der Waals surface area contributed by atoms with Crippen LogP contribution >= 0.6 is 15.9 Å². The zero-order chi connectivity index (χ0) is 11.5. The molecule has 16 heavy (non-hydrogen) atoms. The zero-order valence-electron chi connectivity index (χ0n) is 8.77. The number of aryl methyl sites for hydroxylation is 1. The summed E-state index contributed by atoms with van der Waals surface area (Å²) in [5.41, 5.74) is 7.45. The molecule has 2 rings (SSSR count). The van der Waals surface area contributed by atoms with Gasteiger partial charge >= 0.3 is 0 Å². The summed E-state index contributed by atoms with van der Waals surface area (Å²) in [6, 6.07) is 9.20. The highest BCUT2D eigenvalue weighted by Gasteiger charge is 2.03. The van der Waals surface area contributed by atoms with Crippen LogP contribution < -0.4 is 10.5 Å². The average molecular weight is 279 g/mol. The molecule has 0 amide bonds. The molecule has 0 aliphatic carbocycles. The highest BCUT2D eigenvalue weighted by molar-refractivity contribution is 9.10. The van der Waals surface area contributed by atoms with Crippen LogP contribution in [0.3, 0.4) is 0 Å². The van der Waals surface area contributed by atoms with Gasteiger partial charge in [0.15, 0.2) is 5.75 Å². The second-order valence-electron chi connectivity index (χ2n) is 3.41. The van der Waals surface area contributed by atoms with Gasteiger partial charge in [-0.05, 0) is 40.5 Å². The van der Waals surface area contributed by atoms with Crippen LogP contribution in [0.4, 0.5) is 5.69 Å². The third-order valence-electron chi connectivity index (χ3n) is 2.16. The molecule has 2 aromatic rings. The Labute approximate surface area is 102 Å². The number of nitrogens with zero attached hydrogens (tertiary/aromatic N) is 1. The summed E-state index contributed by atoms with van der Waals surface area (Å²) in [5.74, 6) is 1.16. The van der Waals surface area contributed by atoms with Crippen molar-refractivity contribution >= 4 is 21.6 Å². The quantitative estimate of drug-likeness (QED) is 0.855. The van der Waals surface area contributed by atoms with Crippen LogP contribution in [-0.4, -0.2) is 4.98 Å². The minimum atomic E-state index is 0.540. The molecule has 0 radical (unpaired) electrons. The van der Waals surface area contributed by atoms with Crippen molar-refractivity contribution in [3.8, 4) is 11.6 Å². The lowest BCUT2D eigenvalue weighted by molar-refractivity contribution is 0.464. The van der Waals surface area contributed by atoms with Crippen LogP contribution in [0.1, 0.15) is 5.56 Å². The van der Waals surface area contributed by atoms with Gasteiger partial charge in [0, 0.05) is 16.7 Å². The number of halogens is 1. The number of ether oxygens (including phenoxy) is 1. The molecule has 1 aromatic heterocycles. The third-order valence-corrected chi connectivity index (χ3v) is 2.99. The molecule has 0 aliphatic rings. The summed E-state index contributed by atoms with van der Waals surface area (Å²) in [6.45, 7) is 1.98. The summed E-state index contributed by atoms with van der Waals surface area (Å²) in [4.78, 5) is 4.15. The standard InChI is InChI=1S/C12H11BrN2O/c1-8-6-12(15-7-9(8)13)16-11-5-3-2-4-10(11)14/h2-7H,14H2,1H3. The van der Waals surface area contributed by atoms with Crippen molar-refractivity contribution in [1.29, 1.82) is 0 Å². The molecular weight excluding hydrogens is 268 g/mol. The van der Waals surface area contributed by atoms with E-state index in [0.29, 0.717) is 17.3 Å². The van der Waals surface area contributed by atoms with E-state index >= 15 is 0 Å². The maximum Gasteiger partial charge on any atom is 0.219 e. The van der Waals surface area contributed by atoms with E-state index in [9.17, 15) is 0 Å². The number of nitrogen functional groups attached to an aromatic ring is 1. The van der Waals surface area contributed by atoms with Crippen LogP contribution in [0.15, 0.2) is 41.0 Å². The van der Waals surface area contributed by atoms with Crippen molar-refractivity contribution in [2.45, 2.75) is 6.92 Å². The maximum atomic E-state index is 5.77. The van der Waals surface area contributed by atoms with E-state index in [-0.39, 0.29) is 0 Å². The van der Waals surface area contributed by atoms with Crippen LogP contribution in [0.5, 0.6) is 11.6 Å². The van der Waals surface area contributed by atoms with Crippen LogP contribution in [-0.2, 0) is 0 Å². The molecule has 0 spiro atoms. The minimum absolute atomic E-state index is 0.540.